The summed E-state index contributed by atoms with van der Waals surface area (Å²) >= 11 is 0. The molecule has 2 heterocycles. The Morgan fingerprint density at radius 2 is 1.00 bits per heavy atom. The number of hydrogen-bond acceptors (Lipinski definition) is 2. The van der Waals surface area contributed by atoms with Crippen LogP contribution in [-0.2, 0) is 0 Å². The molecule has 2 saturated heterocycles. The Hall–Kier alpha value is 0.220. The minimum Gasteiger partial charge on any atom is -0.316 e. The summed E-state index contributed by atoms with van der Waals surface area (Å²) < 4.78 is 51.4. The molecule has 0 spiro atoms. The van der Waals surface area contributed by atoms with Crippen LogP contribution < -0.4 is 10.6 Å². The van der Waals surface area contributed by atoms with E-state index in [2.05, 4.69) is 10.6 Å². The molecule has 22 heavy (non-hydrogen) atoms. The van der Waals surface area contributed by atoms with E-state index in [0.29, 0.717) is 25.9 Å². The maximum atomic E-state index is 12.9. The highest BCUT2D eigenvalue weighted by atomic mass is 35.5. The molecule has 4 fully saturated rings. The first-order valence-electron chi connectivity index (χ1n) is 7.57. The second-order valence-corrected chi connectivity index (χ2v) is 6.65. The molecule has 0 aromatic carbocycles. The fourth-order valence-electron chi connectivity index (χ4n) is 4.19. The van der Waals surface area contributed by atoms with Gasteiger partial charge in [-0.05, 0) is 37.8 Å². The highest BCUT2D eigenvalue weighted by molar-refractivity contribution is 5.85. The van der Waals surface area contributed by atoms with E-state index in [1.807, 2.05) is 0 Å². The van der Waals surface area contributed by atoms with Crippen LogP contribution in [0.5, 0.6) is 0 Å². The average molecular weight is 367 g/mol. The van der Waals surface area contributed by atoms with Crippen LogP contribution in [0.15, 0.2) is 0 Å². The molecule has 4 aliphatic rings. The molecule has 0 aromatic heterocycles. The highest BCUT2D eigenvalue weighted by Gasteiger charge is 2.52. The van der Waals surface area contributed by atoms with Crippen LogP contribution >= 0.6 is 24.8 Å². The third-order valence-electron chi connectivity index (χ3n) is 5.46. The van der Waals surface area contributed by atoms with E-state index in [4.69, 9.17) is 0 Å². The van der Waals surface area contributed by atoms with Crippen molar-refractivity contribution < 1.29 is 17.6 Å². The lowest BCUT2D eigenvalue weighted by Crippen LogP contribution is -2.26. The molecule has 0 amide bonds. The van der Waals surface area contributed by atoms with E-state index in [0.717, 1.165) is 13.1 Å². The molecule has 2 nitrogen and oxygen atoms in total. The van der Waals surface area contributed by atoms with Crippen molar-refractivity contribution in [1.29, 1.82) is 0 Å². The number of nitrogens with one attached hydrogen (secondary N) is 2. The molecule has 2 saturated carbocycles. The first-order chi connectivity index (χ1) is 9.40. The summed E-state index contributed by atoms with van der Waals surface area (Å²) in [7, 11) is 0. The van der Waals surface area contributed by atoms with Crippen LogP contribution in [0.1, 0.15) is 25.7 Å². The maximum Gasteiger partial charge on any atom is 0.252 e. The van der Waals surface area contributed by atoms with Crippen molar-refractivity contribution in [1.82, 2.24) is 10.6 Å². The molecule has 0 unspecified atom stereocenters. The Balaban J connectivity index is 0.000000202. The predicted molar refractivity (Wildman–Crippen MR) is 82.6 cm³/mol. The van der Waals surface area contributed by atoms with Crippen molar-refractivity contribution in [2.45, 2.75) is 37.5 Å². The van der Waals surface area contributed by atoms with Gasteiger partial charge >= 0.3 is 0 Å². The van der Waals surface area contributed by atoms with Gasteiger partial charge in [-0.2, -0.15) is 0 Å². The van der Waals surface area contributed by atoms with Gasteiger partial charge in [0.05, 0.1) is 0 Å². The van der Waals surface area contributed by atoms with Crippen LogP contribution in [0.3, 0.4) is 0 Å². The fraction of sp³-hybridized carbons (Fsp3) is 1.00. The van der Waals surface area contributed by atoms with E-state index in [9.17, 15) is 17.6 Å². The Kier molecular flexibility index (Phi) is 6.82. The summed E-state index contributed by atoms with van der Waals surface area (Å²) in [4.78, 5) is 0. The molecule has 2 N–H and O–H groups in total. The minimum atomic E-state index is -2.37. The van der Waals surface area contributed by atoms with E-state index in [1.165, 1.54) is 0 Å². The lowest BCUT2D eigenvalue weighted by Gasteiger charge is -2.15. The van der Waals surface area contributed by atoms with Crippen molar-refractivity contribution >= 4 is 24.8 Å². The molecule has 2 aliphatic heterocycles. The molecule has 0 bridgehead atoms. The van der Waals surface area contributed by atoms with Gasteiger partial charge in [0.15, 0.2) is 0 Å². The van der Waals surface area contributed by atoms with E-state index in [1.54, 1.807) is 0 Å². The Morgan fingerprint density at radius 1 is 0.636 bits per heavy atom. The van der Waals surface area contributed by atoms with Crippen molar-refractivity contribution in [3.63, 3.8) is 0 Å². The first-order valence-corrected chi connectivity index (χ1v) is 7.57. The second kappa shape index (κ2) is 7.41. The second-order valence-electron chi connectivity index (χ2n) is 6.65. The summed E-state index contributed by atoms with van der Waals surface area (Å²) in [6.45, 7) is 2.66. The molecule has 4 rings (SSSR count). The molecule has 0 aromatic rings. The van der Waals surface area contributed by atoms with Crippen LogP contribution in [0.4, 0.5) is 17.6 Å². The standard InChI is InChI=1S/2C7H11F2N.2ClH/c2*8-7(9)2-1-5-3-10-4-6(5)7;;/h2*5-6,10H,1-4H2;2*1H/t2*5-,6+;;/m10../s1. The van der Waals surface area contributed by atoms with Crippen molar-refractivity contribution in [2.75, 3.05) is 26.2 Å². The molecule has 132 valence electrons. The zero-order valence-electron chi connectivity index (χ0n) is 12.3. The lowest BCUT2D eigenvalue weighted by atomic mass is 9.99. The van der Waals surface area contributed by atoms with Gasteiger partial charge in [-0.3, -0.25) is 0 Å². The largest absolute Gasteiger partial charge is 0.316 e. The fourth-order valence-corrected chi connectivity index (χ4v) is 4.19. The van der Waals surface area contributed by atoms with Crippen molar-refractivity contribution in [3.05, 3.63) is 0 Å². The molecule has 4 atom stereocenters. The summed E-state index contributed by atoms with van der Waals surface area (Å²) in [6.07, 6.45) is 1.66. The molecular formula is C14H24Cl2F4N2. The van der Waals surface area contributed by atoms with Gasteiger partial charge in [0.2, 0.25) is 0 Å². The van der Waals surface area contributed by atoms with Crippen molar-refractivity contribution in [3.8, 4) is 0 Å². The average Bonchev–Trinajstić information content (AvgIpc) is 3.08. The Bertz CT molecular complexity index is 337. The molecule has 2 aliphatic carbocycles. The predicted octanol–water partition coefficient (Wildman–Crippen LogP) is 3.35. The highest BCUT2D eigenvalue weighted by Crippen LogP contribution is 2.46. The van der Waals surface area contributed by atoms with Crippen LogP contribution in [-0.4, -0.2) is 38.0 Å². The van der Waals surface area contributed by atoms with Gasteiger partial charge in [0.25, 0.3) is 11.8 Å². The molecule has 8 heteroatoms. The SMILES string of the molecule is Cl.Cl.FC1(F)CC[C@@H]2CNC[C@@H]21.FC1(F)CC[C@H]2CNC[C@H]21. The summed E-state index contributed by atoms with van der Waals surface area (Å²) in [5.41, 5.74) is 0. The Morgan fingerprint density at radius 3 is 1.32 bits per heavy atom. The summed E-state index contributed by atoms with van der Waals surface area (Å²) in [5, 5.41) is 6.00. The van der Waals surface area contributed by atoms with E-state index < -0.39 is 11.8 Å². The number of fused-ring (bicyclic) bond motifs is 2. The summed E-state index contributed by atoms with van der Waals surface area (Å²) in [5.74, 6) is -4.92. The van der Waals surface area contributed by atoms with E-state index >= 15 is 0 Å². The normalized spacial score (nSPS) is 39.8. The zero-order valence-corrected chi connectivity index (χ0v) is 13.9. The van der Waals surface area contributed by atoms with Crippen LogP contribution in [0.25, 0.3) is 0 Å². The number of halogens is 6. The topological polar surface area (TPSA) is 24.1 Å². The van der Waals surface area contributed by atoms with Crippen LogP contribution in [0, 0.1) is 23.7 Å². The lowest BCUT2D eigenvalue weighted by molar-refractivity contribution is -0.0363. The molecule has 0 radical (unpaired) electrons. The van der Waals surface area contributed by atoms with Gasteiger partial charge in [-0.1, -0.05) is 0 Å². The molecular weight excluding hydrogens is 343 g/mol. The Labute approximate surface area is 141 Å². The maximum absolute atomic E-state index is 12.9. The smallest absolute Gasteiger partial charge is 0.252 e. The van der Waals surface area contributed by atoms with Crippen molar-refractivity contribution in [2.24, 2.45) is 23.7 Å². The van der Waals surface area contributed by atoms with Crippen LogP contribution in [0.2, 0.25) is 0 Å². The third kappa shape index (κ3) is 3.82. The van der Waals surface area contributed by atoms with Gasteiger partial charge in [-0.15, -0.1) is 24.8 Å². The van der Waals surface area contributed by atoms with Gasteiger partial charge in [0, 0.05) is 37.8 Å². The number of rotatable bonds is 0. The van der Waals surface area contributed by atoms with Gasteiger partial charge < -0.3 is 10.6 Å². The zero-order chi connectivity index (χ0) is 14.4. The third-order valence-corrected chi connectivity index (χ3v) is 5.46. The minimum absolute atomic E-state index is 0. The monoisotopic (exact) mass is 366 g/mol. The van der Waals surface area contributed by atoms with Gasteiger partial charge in [-0.25, -0.2) is 17.6 Å². The summed E-state index contributed by atoms with van der Waals surface area (Å²) in [6, 6.07) is 0. The van der Waals surface area contributed by atoms with E-state index in [-0.39, 0.29) is 61.3 Å². The quantitative estimate of drug-likeness (QED) is 0.642. The number of hydrogen-bond donors (Lipinski definition) is 2. The first kappa shape index (κ1) is 20.3. The van der Waals surface area contributed by atoms with Gasteiger partial charge in [0.1, 0.15) is 0 Å². The number of alkyl halides is 4.